The molecule has 3 aromatic rings. The van der Waals surface area contributed by atoms with Crippen LogP contribution in [0, 0.1) is 43.9 Å². The van der Waals surface area contributed by atoms with Crippen LogP contribution in [-0.2, 0) is 9.59 Å². The van der Waals surface area contributed by atoms with Crippen LogP contribution in [0.1, 0.15) is 79.8 Å². The molecule has 0 radical (unpaired) electrons. The molecule has 2 aliphatic rings. The highest BCUT2D eigenvalue weighted by Gasteiger charge is 2.39. The van der Waals surface area contributed by atoms with E-state index in [0.29, 0.717) is 43.4 Å². The normalized spacial score (nSPS) is 17.1. The zero-order chi connectivity index (χ0) is 31.3. The van der Waals surface area contributed by atoms with Crippen molar-refractivity contribution in [3.05, 3.63) is 62.5 Å². The van der Waals surface area contributed by atoms with Gasteiger partial charge in [0.1, 0.15) is 16.9 Å². The fourth-order valence-electron chi connectivity index (χ4n) is 6.25. The lowest BCUT2D eigenvalue weighted by Gasteiger charge is -2.40. The molecule has 1 fully saturated rings. The van der Waals surface area contributed by atoms with Crippen LogP contribution < -0.4 is 0 Å². The number of thiophene rings is 1. The van der Waals surface area contributed by atoms with E-state index < -0.39 is 11.5 Å². The zero-order valence-electron chi connectivity index (χ0n) is 26.0. The van der Waals surface area contributed by atoms with Crippen molar-refractivity contribution in [1.82, 2.24) is 24.6 Å². The molecule has 0 aliphatic carbocycles. The monoisotopic (exact) mass is 618 g/mol. The van der Waals surface area contributed by atoms with Gasteiger partial charge in [0.15, 0.2) is 5.82 Å². The number of terminal acetylenes is 1. The largest absolute Gasteiger partial charge is 0.339 e. The average Bonchev–Trinajstić information content (AvgIpc) is 3.44. The summed E-state index contributed by atoms with van der Waals surface area (Å²) in [5.41, 5.74) is 2.97. The first-order valence-corrected chi connectivity index (χ1v) is 15.8. The van der Waals surface area contributed by atoms with Gasteiger partial charge in [-0.15, -0.1) is 33.9 Å². The smallest absolute Gasteiger partial charge is 0.228 e. The maximum atomic E-state index is 13.8. The number of hydrogen-bond donors (Lipinski definition) is 0. The minimum Gasteiger partial charge on any atom is -0.339 e. The Morgan fingerprint density at radius 2 is 1.65 bits per heavy atom. The fraction of sp³-hybridized carbons (Fsp3) is 0.485. The highest BCUT2D eigenvalue weighted by Crippen LogP contribution is 2.40. The van der Waals surface area contributed by atoms with Crippen LogP contribution in [0.4, 0.5) is 0 Å². The number of aliphatic imine (C=N–C) groups is 1. The molecule has 226 valence electrons. The van der Waals surface area contributed by atoms with Crippen molar-refractivity contribution in [2.45, 2.75) is 67.3 Å². The van der Waals surface area contributed by atoms with Crippen molar-refractivity contribution >= 4 is 40.5 Å². The Kier molecular flexibility index (Phi) is 8.32. The molecule has 8 nitrogen and oxygen atoms in total. The summed E-state index contributed by atoms with van der Waals surface area (Å²) >= 11 is 7.91. The molecule has 0 saturated carbocycles. The van der Waals surface area contributed by atoms with Crippen LogP contribution in [-0.4, -0.2) is 68.3 Å². The molecule has 10 heteroatoms. The molecular formula is C33H39ClN6O2S. The number of fused-ring (bicyclic) bond motifs is 3. The summed E-state index contributed by atoms with van der Waals surface area (Å²) in [4.78, 5) is 37.3. The fourth-order valence-corrected chi connectivity index (χ4v) is 7.59. The highest BCUT2D eigenvalue weighted by molar-refractivity contribution is 7.15. The Morgan fingerprint density at radius 3 is 2.28 bits per heavy atom. The van der Waals surface area contributed by atoms with Crippen LogP contribution in [0.25, 0.3) is 5.00 Å². The van der Waals surface area contributed by atoms with Gasteiger partial charge < -0.3 is 9.80 Å². The van der Waals surface area contributed by atoms with Crippen molar-refractivity contribution in [1.29, 1.82) is 0 Å². The van der Waals surface area contributed by atoms with Gasteiger partial charge in [0.25, 0.3) is 0 Å². The third kappa shape index (κ3) is 6.00. The maximum absolute atomic E-state index is 13.8. The van der Waals surface area contributed by atoms with E-state index in [0.717, 1.165) is 33.2 Å². The Morgan fingerprint density at radius 1 is 1.02 bits per heavy atom. The number of aromatic nitrogens is 3. The van der Waals surface area contributed by atoms with Crippen LogP contribution in [0.2, 0.25) is 5.02 Å². The SMILES string of the molecule is C#CC(C)(C)CC(C)(C)C(=O)N1CCN(C(=O)C[C@@H]2N=C(c3ccc(Cl)cc3)c3c(sc(C)c3C)-n3c(C)nnc32)CC1. The molecule has 0 unspecified atom stereocenters. The molecule has 1 atom stereocenters. The summed E-state index contributed by atoms with van der Waals surface area (Å²) in [7, 11) is 0. The van der Waals surface area contributed by atoms with Gasteiger partial charge in [-0.25, -0.2) is 0 Å². The molecule has 43 heavy (non-hydrogen) atoms. The standard InChI is InChI=1S/C33H39ClN6O2S/c1-9-32(5,6)19-33(7,8)31(42)39-16-14-38(15-17-39)26(41)18-25-29-37-36-22(4)40(29)30-27(20(2)21(3)43-30)28(35-25)23-10-12-24(34)13-11-23/h1,10-13,25H,14-19H2,2-8H3/t25-/m0/s1. The van der Waals surface area contributed by atoms with Gasteiger partial charge >= 0.3 is 0 Å². The van der Waals surface area contributed by atoms with Crippen LogP contribution >= 0.6 is 22.9 Å². The molecule has 2 aromatic heterocycles. The Balaban J connectivity index is 1.39. The van der Waals surface area contributed by atoms with Gasteiger partial charge in [-0.2, -0.15) is 0 Å². The second kappa shape index (κ2) is 11.5. The van der Waals surface area contributed by atoms with Gasteiger partial charge in [0, 0.05) is 58.0 Å². The first-order valence-electron chi connectivity index (χ1n) is 14.6. The molecule has 1 saturated heterocycles. The molecular weight excluding hydrogens is 580 g/mol. The number of amides is 2. The first-order chi connectivity index (χ1) is 20.2. The number of benzene rings is 1. The number of carbonyl (C=O) groups is 2. The number of nitrogens with zero attached hydrogens (tertiary/aromatic N) is 6. The van der Waals surface area contributed by atoms with E-state index in [1.54, 1.807) is 11.3 Å². The quantitative estimate of drug-likeness (QED) is 0.320. The van der Waals surface area contributed by atoms with E-state index in [4.69, 9.17) is 23.0 Å². The molecule has 0 N–H and O–H groups in total. The summed E-state index contributed by atoms with van der Waals surface area (Å²) < 4.78 is 2.06. The Labute approximate surface area is 263 Å². The van der Waals surface area contributed by atoms with Gasteiger partial charge in [-0.3, -0.25) is 19.1 Å². The number of carbonyl (C=O) groups excluding carboxylic acids is 2. The number of piperazine rings is 1. The van der Waals surface area contributed by atoms with Crippen LogP contribution in [0.15, 0.2) is 29.3 Å². The number of halogens is 1. The molecule has 2 aliphatic heterocycles. The Hall–Kier alpha value is -3.48. The van der Waals surface area contributed by atoms with Gasteiger partial charge in [0.05, 0.1) is 12.1 Å². The van der Waals surface area contributed by atoms with E-state index in [9.17, 15) is 9.59 Å². The molecule has 0 bridgehead atoms. The van der Waals surface area contributed by atoms with Gasteiger partial charge in [0.2, 0.25) is 11.8 Å². The molecule has 4 heterocycles. The third-order valence-corrected chi connectivity index (χ3v) is 9.94. The summed E-state index contributed by atoms with van der Waals surface area (Å²) in [5, 5.41) is 10.6. The molecule has 5 rings (SSSR count). The van der Waals surface area contributed by atoms with Crippen molar-refractivity contribution in [2.75, 3.05) is 26.2 Å². The third-order valence-electron chi connectivity index (χ3n) is 8.50. The predicted octanol–water partition coefficient (Wildman–Crippen LogP) is 5.94. The average molecular weight is 619 g/mol. The summed E-state index contributed by atoms with van der Waals surface area (Å²) in [5.74, 6) is 4.27. The first kappa shape index (κ1) is 31.0. The maximum Gasteiger partial charge on any atom is 0.228 e. The molecule has 0 spiro atoms. The van der Waals surface area contributed by atoms with Crippen molar-refractivity contribution in [3.8, 4) is 17.3 Å². The topological polar surface area (TPSA) is 83.7 Å². The zero-order valence-corrected chi connectivity index (χ0v) is 27.6. The van der Waals surface area contributed by atoms with Crippen molar-refractivity contribution in [3.63, 3.8) is 0 Å². The van der Waals surface area contributed by atoms with E-state index in [1.165, 1.54) is 4.88 Å². The predicted molar refractivity (Wildman–Crippen MR) is 172 cm³/mol. The minimum atomic E-state index is -0.590. The summed E-state index contributed by atoms with van der Waals surface area (Å²) in [6.45, 7) is 15.9. The Bertz CT molecular complexity index is 1630. The minimum absolute atomic E-state index is 0.0191. The van der Waals surface area contributed by atoms with Crippen molar-refractivity contribution in [2.24, 2.45) is 15.8 Å². The lowest BCUT2D eigenvalue weighted by molar-refractivity contribution is -0.146. The van der Waals surface area contributed by atoms with Crippen LogP contribution in [0.3, 0.4) is 0 Å². The molecule has 1 aromatic carbocycles. The lowest BCUT2D eigenvalue weighted by Crippen LogP contribution is -2.54. The summed E-state index contributed by atoms with van der Waals surface area (Å²) in [6.07, 6.45) is 6.44. The van der Waals surface area contributed by atoms with E-state index in [1.807, 2.05) is 68.7 Å². The van der Waals surface area contributed by atoms with Gasteiger partial charge in [-0.1, -0.05) is 37.6 Å². The lowest BCUT2D eigenvalue weighted by atomic mass is 9.74. The number of aryl methyl sites for hydroxylation is 2. The van der Waals surface area contributed by atoms with Crippen molar-refractivity contribution < 1.29 is 9.59 Å². The van der Waals surface area contributed by atoms with E-state index in [-0.39, 0.29) is 23.7 Å². The summed E-state index contributed by atoms with van der Waals surface area (Å²) in [6, 6.07) is 7.14. The second-order valence-corrected chi connectivity index (χ2v) is 14.5. The molecule has 2 amide bonds. The van der Waals surface area contributed by atoms with E-state index >= 15 is 0 Å². The number of hydrogen-bond acceptors (Lipinski definition) is 6. The second-order valence-electron chi connectivity index (χ2n) is 12.9. The van der Waals surface area contributed by atoms with E-state index in [2.05, 4.69) is 34.5 Å². The van der Waals surface area contributed by atoms with Gasteiger partial charge in [-0.05, 0) is 58.7 Å². The van der Waals surface area contributed by atoms with Crippen LogP contribution in [0.5, 0.6) is 0 Å². The number of rotatable bonds is 6. The highest BCUT2D eigenvalue weighted by atomic mass is 35.5.